The van der Waals surface area contributed by atoms with E-state index in [2.05, 4.69) is 41.2 Å². The van der Waals surface area contributed by atoms with E-state index in [9.17, 15) is 20.1 Å². The average molecular weight is 473 g/mol. The molecule has 5 aliphatic carbocycles. The number of fused-ring (bicyclic) bond motifs is 7. The number of rotatable bonds is 2. The lowest BCUT2D eigenvalue weighted by molar-refractivity contribution is -0.305. The maximum Gasteiger partial charge on any atom is 0.310 e. The zero-order valence-corrected chi connectivity index (χ0v) is 22.4. The van der Waals surface area contributed by atoms with Crippen LogP contribution in [-0.4, -0.2) is 33.0 Å². The molecule has 5 aliphatic rings. The fourth-order valence-electron chi connectivity index (χ4n) is 11.5. The van der Waals surface area contributed by atoms with Crippen LogP contribution in [0.2, 0.25) is 0 Å². The van der Waals surface area contributed by atoms with E-state index >= 15 is 0 Å². The standard InChI is InChI=1S/C30H48O4/c1-18(2)19-8-14-29(24(32)33)17-16-28(7)27(6)13-9-20-25(3,4)22(31)11-12-26(20,5)21(27)10-15-30(28,34)23(19)29/h19-23,31,34H,1,8-17H2,2-7H3,(H,32,33)/t19-,20-,21+,22-,23-,26-,27+,28-,29-,30-/m0/s1. The van der Waals surface area contributed by atoms with Crippen molar-refractivity contribution in [2.75, 3.05) is 0 Å². The van der Waals surface area contributed by atoms with Gasteiger partial charge in [-0.05, 0) is 105 Å². The predicted octanol–water partition coefficient (Wildman–Crippen LogP) is 6.20. The summed E-state index contributed by atoms with van der Waals surface area (Å²) in [5, 5.41) is 34.2. The fourth-order valence-corrected chi connectivity index (χ4v) is 11.5. The van der Waals surface area contributed by atoms with Gasteiger partial charge < -0.3 is 15.3 Å². The zero-order valence-electron chi connectivity index (χ0n) is 22.4. The third kappa shape index (κ3) is 2.61. The molecule has 4 nitrogen and oxygen atoms in total. The molecule has 3 N–H and O–H groups in total. The quantitative estimate of drug-likeness (QED) is 0.418. The molecule has 0 unspecified atom stereocenters. The number of hydrogen-bond donors (Lipinski definition) is 3. The summed E-state index contributed by atoms with van der Waals surface area (Å²) >= 11 is 0. The Morgan fingerprint density at radius 1 is 0.853 bits per heavy atom. The largest absolute Gasteiger partial charge is 0.481 e. The van der Waals surface area contributed by atoms with Gasteiger partial charge in [-0.2, -0.15) is 0 Å². The van der Waals surface area contributed by atoms with Crippen molar-refractivity contribution in [3.63, 3.8) is 0 Å². The molecule has 4 heteroatoms. The van der Waals surface area contributed by atoms with E-state index in [0.29, 0.717) is 31.1 Å². The first-order valence-electron chi connectivity index (χ1n) is 13.9. The van der Waals surface area contributed by atoms with Crippen LogP contribution in [0.5, 0.6) is 0 Å². The second-order valence-electron chi connectivity index (χ2n) is 14.7. The van der Waals surface area contributed by atoms with Crippen LogP contribution in [0.1, 0.15) is 106 Å². The summed E-state index contributed by atoms with van der Waals surface area (Å²) in [6.07, 6.45) is 8.39. The molecule has 5 rings (SSSR count). The van der Waals surface area contributed by atoms with Crippen molar-refractivity contribution in [1.29, 1.82) is 0 Å². The number of carboxylic acid groups (broad SMARTS) is 1. The summed E-state index contributed by atoms with van der Waals surface area (Å²) in [6.45, 7) is 18.1. The van der Waals surface area contributed by atoms with E-state index in [0.717, 1.165) is 50.5 Å². The number of aliphatic carboxylic acids is 1. The van der Waals surface area contributed by atoms with Crippen LogP contribution in [0.4, 0.5) is 0 Å². The Bertz CT molecular complexity index is 909. The Morgan fingerprint density at radius 3 is 2.12 bits per heavy atom. The first-order chi connectivity index (χ1) is 15.6. The highest BCUT2D eigenvalue weighted by Gasteiger charge is 2.77. The molecule has 0 heterocycles. The molecule has 10 atom stereocenters. The van der Waals surface area contributed by atoms with Crippen LogP contribution < -0.4 is 0 Å². The lowest BCUT2D eigenvalue weighted by Gasteiger charge is -2.74. The van der Waals surface area contributed by atoms with Crippen molar-refractivity contribution in [3.8, 4) is 0 Å². The summed E-state index contributed by atoms with van der Waals surface area (Å²) < 4.78 is 0. The summed E-state index contributed by atoms with van der Waals surface area (Å²) in [6, 6.07) is 0. The Hall–Kier alpha value is -0.870. The van der Waals surface area contributed by atoms with Crippen molar-refractivity contribution in [2.45, 2.75) is 117 Å². The number of aliphatic hydroxyl groups excluding tert-OH is 1. The smallest absolute Gasteiger partial charge is 0.310 e. The van der Waals surface area contributed by atoms with Gasteiger partial charge >= 0.3 is 5.97 Å². The molecule has 34 heavy (non-hydrogen) atoms. The van der Waals surface area contributed by atoms with Gasteiger partial charge in [-0.15, -0.1) is 0 Å². The minimum Gasteiger partial charge on any atom is -0.481 e. The molecule has 0 radical (unpaired) electrons. The number of aliphatic hydroxyl groups is 2. The molecule has 0 saturated heterocycles. The Labute approximate surface area is 206 Å². The van der Waals surface area contributed by atoms with Gasteiger partial charge in [0, 0.05) is 11.3 Å². The lowest BCUT2D eigenvalue weighted by atomic mass is 9.31. The van der Waals surface area contributed by atoms with Crippen LogP contribution in [0.3, 0.4) is 0 Å². The molecule has 0 aromatic carbocycles. The minimum atomic E-state index is -0.984. The molecule has 0 spiro atoms. The fraction of sp³-hybridized carbons (Fsp3) is 0.900. The molecule has 0 aromatic rings. The predicted molar refractivity (Wildman–Crippen MR) is 134 cm³/mol. The molecule has 192 valence electrons. The molecule has 0 aliphatic heterocycles. The number of carboxylic acids is 1. The summed E-state index contributed by atoms with van der Waals surface area (Å²) in [5.41, 5.74) is -1.08. The summed E-state index contributed by atoms with van der Waals surface area (Å²) in [5.74, 6) is 0.0895. The van der Waals surface area contributed by atoms with Crippen molar-refractivity contribution in [3.05, 3.63) is 12.2 Å². The monoisotopic (exact) mass is 472 g/mol. The van der Waals surface area contributed by atoms with Crippen LogP contribution in [0.15, 0.2) is 12.2 Å². The molecule has 0 amide bonds. The lowest BCUT2D eigenvalue weighted by Crippen LogP contribution is -2.73. The molecule has 0 bridgehead atoms. The first-order valence-corrected chi connectivity index (χ1v) is 13.9. The van der Waals surface area contributed by atoms with Gasteiger partial charge in [0.25, 0.3) is 0 Å². The zero-order chi connectivity index (χ0) is 25.1. The van der Waals surface area contributed by atoms with Crippen LogP contribution in [0.25, 0.3) is 0 Å². The van der Waals surface area contributed by atoms with Gasteiger partial charge in [-0.3, -0.25) is 4.79 Å². The highest BCUT2D eigenvalue weighted by molar-refractivity contribution is 5.76. The van der Waals surface area contributed by atoms with Gasteiger partial charge in [0.1, 0.15) is 0 Å². The maximum atomic E-state index is 12.8. The molecule has 5 fully saturated rings. The van der Waals surface area contributed by atoms with Crippen LogP contribution in [-0.2, 0) is 4.79 Å². The highest BCUT2D eigenvalue weighted by atomic mass is 16.4. The number of carbonyl (C=O) groups is 1. The summed E-state index contributed by atoms with van der Waals surface area (Å²) in [4.78, 5) is 12.8. The van der Waals surface area contributed by atoms with E-state index in [1.807, 2.05) is 6.92 Å². The van der Waals surface area contributed by atoms with Crippen molar-refractivity contribution in [1.82, 2.24) is 0 Å². The molecule has 0 aromatic heterocycles. The van der Waals surface area contributed by atoms with Crippen molar-refractivity contribution >= 4 is 5.97 Å². The van der Waals surface area contributed by atoms with Gasteiger partial charge in [0.15, 0.2) is 0 Å². The normalized spacial score (nSPS) is 55.9. The Balaban J connectivity index is 1.61. The van der Waals surface area contributed by atoms with Gasteiger partial charge in [0.2, 0.25) is 0 Å². The Morgan fingerprint density at radius 2 is 1.50 bits per heavy atom. The molecular formula is C30H48O4. The van der Waals surface area contributed by atoms with E-state index in [-0.39, 0.29) is 39.6 Å². The van der Waals surface area contributed by atoms with Crippen molar-refractivity contribution < 1.29 is 20.1 Å². The van der Waals surface area contributed by atoms with Gasteiger partial charge in [-0.1, -0.05) is 46.8 Å². The average Bonchev–Trinajstić information content (AvgIpc) is 3.16. The number of allylic oxidation sites excluding steroid dienone is 1. The van der Waals surface area contributed by atoms with E-state index < -0.39 is 17.0 Å². The third-order valence-electron chi connectivity index (χ3n) is 13.6. The van der Waals surface area contributed by atoms with Crippen LogP contribution in [0, 0.1) is 50.7 Å². The molecule has 5 saturated carbocycles. The number of hydrogen-bond acceptors (Lipinski definition) is 3. The third-order valence-corrected chi connectivity index (χ3v) is 13.6. The second-order valence-corrected chi connectivity index (χ2v) is 14.7. The highest BCUT2D eigenvalue weighted by Crippen LogP contribution is 2.78. The van der Waals surface area contributed by atoms with E-state index in [1.165, 1.54) is 0 Å². The maximum absolute atomic E-state index is 12.8. The topological polar surface area (TPSA) is 77.8 Å². The van der Waals surface area contributed by atoms with Crippen molar-refractivity contribution in [2.24, 2.45) is 50.7 Å². The van der Waals surface area contributed by atoms with Gasteiger partial charge in [-0.25, -0.2) is 0 Å². The van der Waals surface area contributed by atoms with E-state index in [4.69, 9.17) is 0 Å². The van der Waals surface area contributed by atoms with E-state index in [1.54, 1.807) is 0 Å². The van der Waals surface area contributed by atoms with Gasteiger partial charge in [0.05, 0.1) is 17.1 Å². The minimum absolute atomic E-state index is 0.0451. The SMILES string of the molecule is C=C(C)[C@@H]1CC[C@]2(C(=O)O)CC[C@@]3(C)[C@]4(C)CC[C@H]5C(C)(C)[C@@H](O)CC[C@]5(C)[C@H]4CC[C@]3(O)[C@@H]12. The Kier molecular flexibility index (Phi) is 5.20. The first kappa shape index (κ1) is 24.8. The second kappa shape index (κ2) is 7.12. The summed E-state index contributed by atoms with van der Waals surface area (Å²) in [7, 11) is 0. The van der Waals surface area contributed by atoms with Crippen LogP contribution >= 0.6 is 0 Å². The molecular weight excluding hydrogens is 424 g/mol.